The first-order valence-electron chi connectivity index (χ1n) is 5.21. The molecule has 1 nitrogen and oxygen atoms in total. The van der Waals surface area contributed by atoms with E-state index < -0.39 is 0 Å². The molecule has 0 aliphatic heterocycles. The molecule has 0 heterocycles. The molecule has 0 aromatic rings. The van der Waals surface area contributed by atoms with Gasteiger partial charge in [0.05, 0.1) is 11.7 Å². The molecular weight excluding hydrogens is 172 g/mol. The van der Waals surface area contributed by atoms with E-state index in [0.717, 1.165) is 0 Å². The minimum Gasteiger partial charge on any atom is -0.371 e. The lowest BCUT2D eigenvalue weighted by atomic mass is 10.0. The highest BCUT2D eigenvalue weighted by atomic mass is 16.5. The van der Waals surface area contributed by atoms with Gasteiger partial charge in [-0.25, -0.2) is 0 Å². The molecule has 0 fully saturated rings. The quantitative estimate of drug-likeness (QED) is 0.608. The first kappa shape index (κ1) is 9.72. The molecule has 2 unspecified atom stereocenters. The Morgan fingerprint density at radius 3 is 2.57 bits per heavy atom. The second-order valence-electron chi connectivity index (χ2n) is 5.05. The van der Waals surface area contributed by atoms with Crippen LogP contribution in [0.25, 0.3) is 0 Å². The van der Waals surface area contributed by atoms with Gasteiger partial charge in [-0.3, -0.25) is 0 Å². The van der Waals surface area contributed by atoms with E-state index in [1.807, 2.05) is 6.08 Å². The maximum Gasteiger partial charge on any atom is 0.0782 e. The third-order valence-corrected chi connectivity index (χ3v) is 2.77. The van der Waals surface area contributed by atoms with Crippen molar-refractivity contribution in [2.24, 2.45) is 11.8 Å². The Bertz CT molecular complexity index is 304. The third kappa shape index (κ3) is 1.57. The van der Waals surface area contributed by atoms with Gasteiger partial charge in [0.2, 0.25) is 0 Å². The number of ether oxygens (including phenoxy) is 1. The number of hydrogen-bond donors (Lipinski definition) is 0. The van der Waals surface area contributed by atoms with Crippen LogP contribution in [0.4, 0.5) is 0 Å². The van der Waals surface area contributed by atoms with Gasteiger partial charge in [0.1, 0.15) is 0 Å². The van der Waals surface area contributed by atoms with Crippen LogP contribution < -0.4 is 0 Å². The van der Waals surface area contributed by atoms with Crippen LogP contribution in [-0.4, -0.2) is 11.7 Å². The summed E-state index contributed by atoms with van der Waals surface area (Å²) >= 11 is 0. The Labute approximate surface area is 86.2 Å². The van der Waals surface area contributed by atoms with Crippen LogP contribution in [-0.2, 0) is 4.74 Å². The van der Waals surface area contributed by atoms with Gasteiger partial charge in [0, 0.05) is 11.8 Å². The SMILES string of the molecule is C=CC1=CC2C=CC1[C@@H]2OC(C)(C)C. The fourth-order valence-corrected chi connectivity index (χ4v) is 2.26. The number of fused-ring (bicyclic) bond motifs is 2. The van der Waals surface area contributed by atoms with E-state index in [2.05, 4.69) is 45.6 Å². The molecule has 2 aliphatic rings. The second kappa shape index (κ2) is 3.09. The Morgan fingerprint density at radius 1 is 1.36 bits per heavy atom. The fourth-order valence-electron chi connectivity index (χ4n) is 2.26. The minimum atomic E-state index is -0.0579. The average molecular weight is 190 g/mol. The molecular formula is C13H18O. The van der Waals surface area contributed by atoms with E-state index in [9.17, 15) is 0 Å². The molecule has 3 atom stereocenters. The summed E-state index contributed by atoms with van der Waals surface area (Å²) in [5.74, 6) is 0.906. The molecule has 0 N–H and O–H groups in total. The molecule has 0 saturated carbocycles. The highest BCUT2D eigenvalue weighted by Gasteiger charge is 2.40. The Hall–Kier alpha value is -0.820. The zero-order chi connectivity index (χ0) is 10.3. The lowest BCUT2D eigenvalue weighted by molar-refractivity contribution is -0.0725. The van der Waals surface area contributed by atoms with Crippen molar-refractivity contribution in [3.63, 3.8) is 0 Å². The van der Waals surface area contributed by atoms with Crippen LogP contribution in [0.1, 0.15) is 20.8 Å². The van der Waals surface area contributed by atoms with Crippen LogP contribution in [0.15, 0.2) is 36.5 Å². The van der Waals surface area contributed by atoms with E-state index in [1.54, 1.807) is 0 Å². The van der Waals surface area contributed by atoms with Crippen LogP contribution in [0.3, 0.4) is 0 Å². The zero-order valence-electron chi connectivity index (χ0n) is 9.16. The summed E-state index contributed by atoms with van der Waals surface area (Å²) in [6.45, 7) is 10.2. The summed E-state index contributed by atoms with van der Waals surface area (Å²) in [6, 6.07) is 0. The maximum atomic E-state index is 6.06. The van der Waals surface area contributed by atoms with Crippen molar-refractivity contribution < 1.29 is 4.74 Å². The molecule has 0 spiro atoms. The smallest absolute Gasteiger partial charge is 0.0782 e. The predicted molar refractivity (Wildman–Crippen MR) is 59.0 cm³/mol. The topological polar surface area (TPSA) is 9.23 Å². The molecule has 0 aromatic heterocycles. The average Bonchev–Trinajstić information content (AvgIpc) is 2.59. The number of rotatable bonds is 2. The summed E-state index contributed by atoms with van der Waals surface area (Å²) in [4.78, 5) is 0. The molecule has 0 aromatic carbocycles. The Morgan fingerprint density at radius 2 is 2.07 bits per heavy atom. The lowest BCUT2D eigenvalue weighted by Gasteiger charge is -2.28. The standard InChI is InChI=1S/C13H18O/c1-5-9-8-10-6-7-11(9)12(10)14-13(2,3)4/h5-8,10-12H,1H2,2-4H3/t10?,11?,12-/m1/s1. The number of hydrogen-bond acceptors (Lipinski definition) is 1. The molecule has 2 aliphatic carbocycles. The van der Waals surface area contributed by atoms with Gasteiger partial charge in [0.25, 0.3) is 0 Å². The molecule has 0 saturated heterocycles. The van der Waals surface area contributed by atoms with Crippen molar-refractivity contribution >= 4 is 0 Å². The molecule has 76 valence electrons. The van der Waals surface area contributed by atoms with Gasteiger partial charge in [-0.05, 0) is 26.3 Å². The lowest BCUT2D eigenvalue weighted by Crippen LogP contribution is -2.31. The molecule has 0 radical (unpaired) electrons. The minimum absolute atomic E-state index is 0.0579. The predicted octanol–water partition coefficient (Wildman–Crippen LogP) is 3.10. The molecule has 2 bridgehead atoms. The third-order valence-electron chi connectivity index (χ3n) is 2.77. The van der Waals surface area contributed by atoms with Gasteiger partial charge in [-0.1, -0.05) is 30.9 Å². The van der Waals surface area contributed by atoms with Gasteiger partial charge in [-0.2, -0.15) is 0 Å². The van der Waals surface area contributed by atoms with Crippen LogP contribution >= 0.6 is 0 Å². The second-order valence-corrected chi connectivity index (χ2v) is 5.05. The molecule has 0 amide bonds. The largest absolute Gasteiger partial charge is 0.371 e. The fraction of sp³-hybridized carbons (Fsp3) is 0.538. The van der Waals surface area contributed by atoms with Crippen molar-refractivity contribution in [2.45, 2.75) is 32.5 Å². The first-order valence-corrected chi connectivity index (χ1v) is 5.21. The van der Waals surface area contributed by atoms with Crippen LogP contribution in [0, 0.1) is 11.8 Å². The van der Waals surface area contributed by atoms with Gasteiger partial charge < -0.3 is 4.74 Å². The first-order chi connectivity index (χ1) is 6.51. The molecule has 14 heavy (non-hydrogen) atoms. The normalized spacial score (nSPS) is 34.8. The number of allylic oxidation sites excluding steroid dienone is 1. The van der Waals surface area contributed by atoms with Crippen molar-refractivity contribution in [3.8, 4) is 0 Å². The highest BCUT2D eigenvalue weighted by Crippen LogP contribution is 2.42. The van der Waals surface area contributed by atoms with Gasteiger partial charge in [-0.15, -0.1) is 0 Å². The van der Waals surface area contributed by atoms with Crippen molar-refractivity contribution in [1.82, 2.24) is 0 Å². The monoisotopic (exact) mass is 190 g/mol. The summed E-state index contributed by atoms with van der Waals surface area (Å²) in [5, 5.41) is 0. The zero-order valence-corrected chi connectivity index (χ0v) is 9.16. The summed E-state index contributed by atoms with van der Waals surface area (Å²) in [6.07, 6.45) is 9.02. The van der Waals surface area contributed by atoms with E-state index in [4.69, 9.17) is 4.74 Å². The summed E-state index contributed by atoms with van der Waals surface area (Å²) < 4.78 is 6.06. The Kier molecular flexibility index (Phi) is 2.15. The summed E-state index contributed by atoms with van der Waals surface area (Å²) in [5.41, 5.74) is 1.27. The van der Waals surface area contributed by atoms with E-state index >= 15 is 0 Å². The Balaban J connectivity index is 2.10. The van der Waals surface area contributed by atoms with E-state index in [-0.39, 0.29) is 5.60 Å². The summed E-state index contributed by atoms with van der Waals surface area (Å²) in [7, 11) is 0. The highest BCUT2D eigenvalue weighted by molar-refractivity contribution is 5.39. The van der Waals surface area contributed by atoms with E-state index in [0.29, 0.717) is 17.9 Å². The van der Waals surface area contributed by atoms with Gasteiger partial charge >= 0.3 is 0 Å². The van der Waals surface area contributed by atoms with Crippen molar-refractivity contribution in [1.29, 1.82) is 0 Å². The van der Waals surface area contributed by atoms with Crippen LogP contribution in [0.2, 0.25) is 0 Å². The van der Waals surface area contributed by atoms with E-state index in [1.165, 1.54) is 5.57 Å². The van der Waals surface area contributed by atoms with Crippen molar-refractivity contribution in [3.05, 3.63) is 36.5 Å². The van der Waals surface area contributed by atoms with Gasteiger partial charge in [0.15, 0.2) is 0 Å². The van der Waals surface area contributed by atoms with Crippen LogP contribution in [0.5, 0.6) is 0 Å². The molecule has 1 heteroatoms. The molecule has 2 rings (SSSR count). The van der Waals surface area contributed by atoms with Crippen molar-refractivity contribution in [2.75, 3.05) is 0 Å². The maximum absolute atomic E-state index is 6.06.